The van der Waals surface area contributed by atoms with Gasteiger partial charge in [-0.05, 0) is 17.5 Å². The molecular formula is C10H11NO3. The minimum atomic E-state index is -0.548. The molecule has 74 valence electrons. The molecule has 0 aliphatic rings. The van der Waals surface area contributed by atoms with E-state index in [0.29, 0.717) is 6.29 Å². The van der Waals surface area contributed by atoms with Gasteiger partial charge in [0, 0.05) is 6.07 Å². The Morgan fingerprint density at radius 3 is 2.50 bits per heavy atom. The van der Waals surface area contributed by atoms with Crippen LogP contribution in [0.2, 0.25) is 0 Å². The van der Waals surface area contributed by atoms with E-state index in [1.54, 1.807) is 12.1 Å². The molecule has 1 aromatic carbocycles. The van der Waals surface area contributed by atoms with Crippen LogP contribution in [0.3, 0.4) is 0 Å². The summed E-state index contributed by atoms with van der Waals surface area (Å²) < 4.78 is 0. The van der Waals surface area contributed by atoms with Gasteiger partial charge in [-0.2, -0.15) is 0 Å². The van der Waals surface area contributed by atoms with Crippen LogP contribution in [0.4, 0.5) is 5.69 Å². The third kappa shape index (κ3) is 1.96. The number of aldehydes is 1. The van der Waals surface area contributed by atoms with Gasteiger partial charge >= 0.3 is 0 Å². The van der Waals surface area contributed by atoms with Gasteiger partial charge in [0.25, 0.3) is 5.69 Å². The van der Waals surface area contributed by atoms with E-state index in [1.807, 2.05) is 13.8 Å². The van der Waals surface area contributed by atoms with Crippen molar-refractivity contribution in [3.63, 3.8) is 0 Å². The zero-order valence-electron chi connectivity index (χ0n) is 8.06. The second-order valence-electron chi connectivity index (χ2n) is 3.35. The molecule has 0 spiro atoms. The monoisotopic (exact) mass is 193 g/mol. The number of nitro benzene ring substituents is 1. The Labute approximate surface area is 81.7 Å². The van der Waals surface area contributed by atoms with Crippen LogP contribution >= 0.6 is 0 Å². The standard InChI is InChI=1S/C10H11NO3/c1-7(2)8-3-4-10(11(13)14)9(5-8)6-12/h3-7H,1-2H3. The lowest BCUT2D eigenvalue weighted by Gasteiger charge is -2.05. The number of carbonyl (C=O) groups excluding carboxylic acids is 1. The third-order valence-electron chi connectivity index (χ3n) is 2.04. The van der Waals surface area contributed by atoms with Gasteiger partial charge in [0.2, 0.25) is 0 Å². The molecule has 0 saturated heterocycles. The van der Waals surface area contributed by atoms with Crippen molar-refractivity contribution in [2.45, 2.75) is 19.8 Å². The van der Waals surface area contributed by atoms with Crippen molar-refractivity contribution in [3.8, 4) is 0 Å². The fraction of sp³-hybridized carbons (Fsp3) is 0.300. The van der Waals surface area contributed by atoms with Crippen molar-refractivity contribution >= 4 is 12.0 Å². The van der Waals surface area contributed by atoms with Crippen LogP contribution in [0.5, 0.6) is 0 Å². The molecule has 0 aliphatic carbocycles. The maximum Gasteiger partial charge on any atom is 0.279 e. The van der Waals surface area contributed by atoms with Crippen LogP contribution in [0.15, 0.2) is 18.2 Å². The highest BCUT2D eigenvalue weighted by Crippen LogP contribution is 2.22. The average Bonchev–Trinajstić information content (AvgIpc) is 2.16. The molecule has 0 aromatic heterocycles. The van der Waals surface area contributed by atoms with Crippen molar-refractivity contribution in [2.75, 3.05) is 0 Å². The molecule has 0 N–H and O–H groups in total. The molecule has 0 fully saturated rings. The number of nitro groups is 1. The number of hydrogen-bond acceptors (Lipinski definition) is 3. The lowest BCUT2D eigenvalue weighted by Crippen LogP contribution is -1.96. The predicted molar refractivity (Wildman–Crippen MR) is 52.6 cm³/mol. The summed E-state index contributed by atoms with van der Waals surface area (Å²) in [6, 6.07) is 4.62. The minimum Gasteiger partial charge on any atom is -0.298 e. The Kier molecular flexibility index (Phi) is 2.96. The quantitative estimate of drug-likeness (QED) is 0.421. The SMILES string of the molecule is CC(C)c1ccc([N+](=O)[O-])c(C=O)c1. The Morgan fingerprint density at radius 2 is 2.07 bits per heavy atom. The largest absolute Gasteiger partial charge is 0.298 e. The van der Waals surface area contributed by atoms with E-state index in [9.17, 15) is 14.9 Å². The molecule has 14 heavy (non-hydrogen) atoms. The second-order valence-corrected chi connectivity index (χ2v) is 3.35. The predicted octanol–water partition coefficient (Wildman–Crippen LogP) is 2.53. The van der Waals surface area contributed by atoms with Crippen molar-refractivity contribution in [1.29, 1.82) is 0 Å². The van der Waals surface area contributed by atoms with E-state index in [2.05, 4.69) is 0 Å². The van der Waals surface area contributed by atoms with Gasteiger partial charge in [0.05, 0.1) is 10.5 Å². The first-order chi connectivity index (χ1) is 6.56. The Balaban J connectivity index is 3.25. The van der Waals surface area contributed by atoms with E-state index in [-0.39, 0.29) is 17.2 Å². The zero-order chi connectivity index (χ0) is 10.7. The molecule has 0 saturated carbocycles. The Morgan fingerprint density at radius 1 is 1.43 bits per heavy atom. The summed E-state index contributed by atoms with van der Waals surface area (Å²) in [7, 11) is 0. The van der Waals surface area contributed by atoms with Crippen molar-refractivity contribution < 1.29 is 9.72 Å². The van der Waals surface area contributed by atoms with Crippen molar-refractivity contribution in [1.82, 2.24) is 0 Å². The van der Waals surface area contributed by atoms with E-state index >= 15 is 0 Å². The summed E-state index contributed by atoms with van der Waals surface area (Å²) in [4.78, 5) is 20.6. The van der Waals surface area contributed by atoms with Gasteiger partial charge in [-0.25, -0.2) is 0 Å². The van der Waals surface area contributed by atoms with Gasteiger partial charge in [-0.1, -0.05) is 19.9 Å². The normalized spacial score (nSPS) is 10.2. The summed E-state index contributed by atoms with van der Waals surface area (Å²) in [5.41, 5.74) is 0.934. The van der Waals surface area contributed by atoms with Crippen LogP contribution in [0, 0.1) is 10.1 Å². The topological polar surface area (TPSA) is 60.2 Å². The summed E-state index contributed by atoms with van der Waals surface area (Å²) in [6.45, 7) is 3.94. The second kappa shape index (κ2) is 4.00. The maximum atomic E-state index is 10.6. The molecule has 0 heterocycles. The van der Waals surface area contributed by atoms with Crippen LogP contribution < -0.4 is 0 Å². The molecule has 0 radical (unpaired) electrons. The Hall–Kier alpha value is -1.71. The number of carbonyl (C=O) groups is 1. The number of nitrogens with zero attached hydrogens (tertiary/aromatic N) is 1. The first kappa shape index (κ1) is 10.4. The van der Waals surface area contributed by atoms with Crippen LogP contribution in [0.25, 0.3) is 0 Å². The molecule has 4 heteroatoms. The minimum absolute atomic E-state index is 0.135. The molecule has 0 unspecified atom stereocenters. The van der Waals surface area contributed by atoms with Crippen molar-refractivity contribution in [2.24, 2.45) is 0 Å². The van der Waals surface area contributed by atoms with Crippen LogP contribution in [-0.2, 0) is 0 Å². The van der Waals surface area contributed by atoms with E-state index in [1.165, 1.54) is 6.07 Å². The summed E-state index contributed by atoms with van der Waals surface area (Å²) >= 11 is 0. The first-order valence-electron chi connectivity index (χ1n) is 4.29. The van der Waals surface area contributed by atoms with Crippen LogP contribution in [0.1, 0.15) is 35.7 Å². The average molecular weight is 193 g/mol. The molecular weight excluding hydrogens is 182 g/mol. The van der Waals surface area contributed by atoms with Crippen molar-refractivity contribution in [3.05, 3.63) is 39.4 Å². The fourth-order valence-electron chi connectivity index (χ4n) is 1.19. The third-order valence-corrected chi connectivity index (χ3v) is 2.04. The van der Waals surface area contributed by atoms with Gasteiger partial charge < -0.3 is 0 Å². The van der Waals surface area contributed by atoms with Crippen LogP contribution in [-0.4, -0.2) is 11.2 Å². The summed E-state index contributed by atoms with van der Waals surface area (Å²) in [6.07, 6.45) is 0.518. The molecule has 1 aromatic rings. The Bertz CT molecular complexity index is 372. The summed E-state index contributed by atoms with van der Waals surface area (Å²) in [5, 5.41) is 10.5. The van der Waals surface area contributed by atoms with Gasteiger partial charge in [-0.3, -0.25) is 14.9 Å². The number of hydrogen-bond donors (Lipinski definition) is 0. The van der Waals surface area contributed by atoms with E-state index in [0.717, 1.165) is 5.56 Å². The lowest BCUT2D eigenvalue weighted by atomic mass is 10.0. The smallest absolute Gasteiger partial charge is 0.279 e. The molecule has 1 rings (SSSR count). The molecule has 0 amide bonds. The highest BCUT2D eigenvalue weighted by molar-refractivity contribution is 5.81. The zero-order valence-corrected chi connectivity index (χ0v) is 8.06. The molecule has 0 atom stereocenters. The highest BCUT2D eigenvalue weighted by atomic mass is 16.6. The number of benzene rings is 1. The first-order valence-corrected chi connectivity index (χ1v) is 4.29. The summed E-state index contributed by atoms with van der Waals surface area (Å²) in [5.74, 6) is 0.259. The van der Waals surface area contributed by atoms with Gasteiger partial charge in [0.15, 0.2) is 6.29 Å². The number of rotatable bonds is 3. The van der Waals surface area contributed by atoms with Gasteiger partial charge in [0.1, 0.15) is 0 Å². The molecule has 4 nitrogen and oxygen atoms in total. The molecule has 0 bridgehead atoms. The van der Waals surface area contributed by atoms with E-state index < -0.39 is 4.92 Å². The van der Waals surface area contributed by atoms with E-state index in [4.69, 9.17) is 0 Å². The highest BCUT2D eigenvalue weighted by Gasteiger charge is 2.13. The maximum absolute atomic E-state index is 10.6. The fourth-order valence-corrected chi connectivity index (χ4v) is 1.19. The van der Waals surface area contributed by atoms with Gasteiger partial charge in [-0.15, -0.1) is 0 Å². The molecule has 0 aliphatic heterocycles. The lowest BCUT2D eigenvalue weighted by molar-refractivity contribution is -0.385.